The van der Waals surface area contributed by atoms with E-state index in [9.17, 15) is 9.59 Å². The highest BCUT2D eigenvalue weighted by Crippen LogP contribution is 2.24. The molecule has 1 atom stereocenters. The number of benzene rings is 1. The molecule has 1 aliphatic rings. The molecular weight excluding hydrogens is 284 g/mol. The van der Waals surface area contributed by atoms with Gasteiger partial charge in [0.2, 0.25) is 5.91 Å². The van der Waals surface area contributed by atoms with Gasteiger partial charge in [0.15, 0.2) is 0 Å². The molecule has 2 rings (SSSR count). The third kappa shape index (κ3) is 4.00. The predicted molar refractivity (Wildman–Crippen MR) is 86.4 cm³/mol. The number of nitrogens with one attached hydrogen (secondary N) is 1. The summed E-state index contributed by atoms with van der Waals surface area (Å²) in [4.78, 5) is 26.6. The molecule has 0 aliphatic carbocycles. The maximum Gasteiger partial charge on any atom is 0.255 e. The van der Waals surface area contributed by atoms with Crippen molar-refractivity contribution in [1.29, 1.82) is 0 Å². The molecule has 0 bridgehead atoms. The van der Waals surface area contributed by atoms with Crippen LogP contribution in [0.3, 0.4) is 0 Å². The number of hydrogen-bond acceptors (Lipinski definition) is 3. The topological polar surface area (TPSA) is 49.4 Å². The van der Waals surface area contributed by atoms with Crippen LogP contribution < -0.4 is 5.32 Å². The minimum absolute atomic E-state index is 0.0749. The van der Waals surface area contributed by atoms with Crippen molar-refractivity contribution in [2.75, 3.05) is 11.6 Å². The summed E-state index contributed by atoms with van der Waals surface area (Å²) in [7, 11) is 0. The van der Waals surface area contributed by atoms with Crippen LogP contribution in [-0.4, -0.2) is 39.9 Å². The average molecular weight is 306 g/mol. The van der Waals surface area contributed by atoms with Crippen molar-refractivity contribution in [3.8, 4) is 0 Å². The fourth-order valence-corrected chi connectivity index (χ4v) is 3.33. The lowest BCUT2D eigenvalue weighted by molar-refractivity contribution is -0.125. The minimum atomic E-state index is -0.386. The normalized spacial score (nSPS) is 18.7. The maximum absolute atomic E-state index is 12.6. The summed E-state index contributed by atoms with van der Waals surface area (Å²) in [6.45, 7) is 7.82. The van der Waals surface area contributed by atoms with Gasteiger partial charge in [0.25, 0.3) is 5.91 Å². The summed E-state index contributed by atoms with van der Waals surface area (Å²) >= 11 is 1.62. The zero-order valence-corrected chi connectivity index (χ0v) is 13.8. The van der Waals surface area contributed by atoms with Gasteiger partial charge in [0.05, 0.1) is 5.88 Å². The van der Waals surface area contributed by atoms with Crippen molar-refractivity contribution < 1.29 is 9.59 Å². The Morgan fingerprint density at radius 3 is 2.43 bits per heavy atom. The number of carbonyl (C=O) groups is 2. The summed E-state index contributed by atoms with van der Waals surface area (Å²) in [6, 6.07) is 7.09. The zero-order chi connectivity index (χ0) is 15.6. The van der Waals surface area contributed by atoms with Crippen molar-refractivity contribution in [2.45, 2.75) is 39.3 Å². The van der Waals surface area contributed by atoms with E-state index in [0.29, 0.717) is 17.2 Å². The van der Waals surface area contributed by atoms with E-state index in [1.807, 2.05) is 52.0 Å². The van der Waals surface area contributed by atoms with Gasteiger partial charge in [-0.3, -0.25) is 9.59 Å². The van der Waals surface area contributed by atoms with Gasteiger partial charge >= 0.3 is 0 Å². The highest BCUT2D eigenvalue weighted by atomic mass is 32.2. The standard InChI is InChI=1S/C16H22N2O2S/c1-11-5-7-12(8-6-11)15(20)18-10-21-9-13(18)14(19)17-16(2,3)4/h5-8,13H,9-10H2,1-4H3,(H,17,19)/t13-/m1/s1. The Morgan fingerprint density at radius 1 is 1.24 bits per heavy atom. The van der Waals surface area contributed by atoms with Crippen LogP contribution in [0.25, 0.3) is 0 Å². The third-order valence-corrected chi connectivity index (χ3v) is 4.25. The SMILES string of the molecule is Cc1ccc(C(=O)N2CSC[C@@H]2C(=O)NC(C)(C)C)cc1. The largest absolute Gasteiger partial charge is 0.350 e. The maximum atomic E-state index is 12.6. The molecule has 2 amide bonds. The smallest absolute Gasteiger partial charge is 0.255 e. The van der Waals surface area contributed by atoms with Gasteiger partial charge in [-0.2, -0.15) is 0 Å². The number of hydrogen-bond donors (Lipinski definition) is 1. The van der Waals surface area contributed by atoms with Gasteiger partial charge in [-0.05, 0) is 39.8 Å². The lowest BCUT2D eigenvalue weighted by Gasteiger charge is -2.27. The number of rotatable bonds is 2. The molecule has 1 aliphatic heterocycles. The van der Waals surface area contributed by atoms with Crippen LogP contribution in [0.5, 0.6) is 0 Å². The van der Waals surface area contributed by atoms with E-state index in [-0.39, 0.29) is 23.4 Å². The summed E-state index contributed by atoms with van der Waals surface area (Å²) in [5.41, 5.74) is 1.46. The molecule has 0 unspecified atom stereocenters. The van der Waals surface area contributed by atoms with Gasteiger partial charge in [-0.25, -0.2) is 0 Å². The summed E-state index contributed by atoms with van der Waals surface area (Å²) in [6.07, 6.45) is 0. The highest BCUT2D eigenvalue weighted by Gasteiger charge is 2.36. The molecule has 0 spiro atoms. The van der Waals surface area contributed by atoms with Gasteiger partial charge in [0.1, 0.15) is 6.04 Å². The Kier molecular flexibility index (Phi) is 4.61. The molecule has 21 heavy (non-hydrogen) atoms. The van der Waals surface area contributed by atoms with Crippen molar-refractivity contribution >= 4 is 23.6 Å². The van der Waals surface area contributed by atoms with Crippen molar-refractivity contribution in [3.63, 3.8) is 0 Å². The van der Waals surface area contributed by atoms with Crippen LogP contribution in [0.4, 0.5) is 0 Å². The Morgan fingerprint density at radius 2 is 1.86 bits per heavy atom. The second-order valence-electron chi connectivity index (χ2n) is 6.40. The first-order valence-corrected chi connectivity index (χ1v) is 8.21. The molecule has 1 aromatic carbocycles. The molecule has 1 saturated heterocycles. The molecule has 0 saturated carbocycles. The molecule has 0 radical (unpaired) electrons. The summed E-state index contributed by atoms with van der Waals surface area (Å²) < 4.78 is 0. The number of carbonyl (C=O) groups excluding carboxylic acids is 2. The van der Waals surface area contributed by atoms with Gasteiger partial charge in [-0.15, -0.1) is 11.8 Å². The molecule has 114 valence electrons. The fraction of sp³-hybridized carbons (Fsp3) is 0.500. The molecule has 4 nitrogen and oxygen atoms in total. The van der Waals surface area contributed by atoms with Crippen LogP contribution in [-0.2, 0) is 4.79 Å². The lowest BCUT2D eigenvalue weighted by Crippen LogP contribution is -2.52. The average Bonchev–Trinajstić information content (AvgIpc) is 2.86. The zero-order valence-electron chi connectivity index (χ0n) is 13.0. The van der Waals surface area contributed by atoms with Crippen LogP contribution in [0.1, 0.15) is 36.7 Å². The Bertz CT molecular complexity index is 534. The van der Waals surface area contributed by atoms with Crippen LogP contribution in [0.15, 0.2) is 24.3 Å². The van der Waals surface area contributed by atoms with E-state index in [0.717, 1.165) is 5.56 Å². The Hall–Kier alpha value is -1.49. The molecule has 1 aromatic rings. The van der Waals surface area contributed by atoms with E-state index in [1.54, 1.807) is 16.7 Å². The molecule has 1 heterocycles. The second-order valence-corrected chi connectivity index (χ2v) is 7.40. The number of amides is 2. The molecule has 1 N–H and O–H groups in total. The summed E-state index contributed by atoms with van der Waals surface area (Å²) in [5.74, 6) is 1.07. The Balaban J connectivity index is 2.13. The fourth-order valence-electron chi connectivity index (χ4n) is 2.17. The number of nitrogens with zero attached hydrogens (tertiary/aromatic N) is 1. The summed E-state index contributed by atoms with van der Waals surface area (Å²) in [5, 5.41) is 2.96. The van der Waals surface area contributed by atoms with E-state index in [2.05, 4.69) is 5.32 Å². The Labute approximate surface area is 130 Å². The molecular formula is C16H22N2O2S. The first-order chi connectivity index (χ1) is 9.78. The van der Waals surface area contributed by atoms with E-state index < -0.39 is 0 Å². The molecule has 5 heteroatoms. The lowest BCUT2D eigenvalue weighted by atomic mass is 10.1. The predicted octanol–water partition coefficient (Wildman–Crippen LogP) is 2.42. The van der Waals surface area contributed by atoms with Crippen LogP contribution in [0, 0.1) is 6.92 Å². The van der Waals surface area contributed by atoms with E-state index in [4.69, 9.17) is 0 Å². The van der Waals surface area contributed by atoms with E-state index >= 15 is 0 Å². The second kappa shape index (κ2) is 6.10. The van der Waals surface area contributed by atoms with Gasteiger partial charge in [-0.1, -0.05) is 17.7 Å². The van der Waals surface area contributed by atoms with Crippen molar-refractivity contribution in [1.82, 2.24) is 10.2 Å². The van der Waals surface area contributed by atoms with E-state index in [1.165, 1.54) is 0 Å². The monoisotopic (exact) mass is 306 g/mol. The van der Waals surface area contributed by atoms with Crippen LogP contribution in [0.2, 0.25) is 0 Å². The van der Waals surface area contributed by atoms with Crippen LogP contribution >= 0.6 is 11.8 Å². The highest BCUT2D eigenvalue weighted by molar-refractivity contribution is 7.99. The molecule has 1 fully saturated rings. The number of thioether (sulfide) groups is 1. The first kappa shape index (κ1) is 15.9. The van der Waals surface area contributed by atoms with Crippen molar-refractivity contribution in [3.05, 3.63) is 35.4 Å². The number of aryl methyl sites for hydroxylation is 1. The van der Waals surface area contributed by atoms with Gasteiger partial charge < -0.3 is 10.2 Å². The third-order valence-electron chi connectivity index (χ3n) is 3.24. The van der Waals surface area contributed by atoms with Crippen molar-refractivity contribution in [2.24, 2.45) is 0 Å². The van der Waals surface area contributed by atoms with Gasteiger partial charge in [0, 0.05) is 16.9 Å². The first-order valence-electron chi connectivity index (χ1n) is 7.05. The quantitative estimate of drug-likeness (QED) is 0.913. The minimum Gasteiger partial charge on any atom is -0.350 e. The molecule has 0 aromatic heterocycles.